The summed E-state index contributed by atoms with van der Waals surface area (Å²) < 4.78 is 18.8. The summed E-state index contributed by atoms with van der Waals surface area (Å²) in [6.07, 6.45) is 0. The molecular formula is C25H26B3NO5. The predicted octanol–water partition coefficient (Wildman–Crippen LogP) is 1.70. The smallest absolute Gasteiger partial charge is 0.445 e. The van der Waals surface area contributed by atoms with Gasteiger partial charge in [0.15, 0.2) is 11.6 Å². The number of ketones is 2. The quantitative estimate of drug-likeness (QED) is 0.401. The standard InChI is InChI=1S/C25H26B3NO5/c1-18(30)20-9-13-23(14-10-20)26-32-27(24-15-11-21(12-16-24)19(2)31)34-28(33-26)25-8-6-5-7-22(25)17-29(3)4/h5-16H,17H2,1-4H3. The fraction of sp³-hybridized carbons (Fsp3) is 0.200. The molecule has 1 fully saturated rings. The number of carbonyl (C=O) groups excluding carboxylic acids is 2. The Hall–Kier alpha value is -2.97. The van der Waals surface area contributed by atoms with Crippen LogP contribution in [-0.4, -0.2) is 51.9 Å². The van der Waals surface area contributed by atoms with Gasteiger partial charge in [-0.15, -0.1) is 0 Å². The summed E-state index contributed by atoms with van der Waals surface area (Å²) >= 11 is 0. The molecule has 3 aromatic rings. The summed E-state index contributed by atoms with van der Waals surface area (Å²) in [6, 6.07) is 22.5. The number of rotatable bonds is 7. The molecule has 0 bridgehead atoms. The van der Waals surface area contributed by atoms with Crippen LogP contribution in [0.4, 0.5) is 0 Å². The van der Waals surface area contributed by atoms with Gasteiger partial charge in [-0.05, 0) is 49.9 Å². The third-order valence-corrected chi connectivity index (χ3v) is 5.72. The molecule has 0 radical (unpaired) electrons. The second-order valence-corrected chi connectivity index (χ2v) is 8.70. The van der Waals surface area contributed by atoms with Crippen LogP contribution in [0.2, 0.25) is 0 Å². The van der Waals surface area contributed by atoms with Crippen molar-refractivity contribution in [3.63, 3.8) is 0 Å². The van der Waals surface area contributed by atoms with Crippen molar-refractivity contribution >= 4 is 49.3 Å². The largest absolute Gasteiger partial charge is 0.467 e. The van der Waals surface area contributed by atoms with Gasteiger partial charge in [0.2, 0.25) is 0 Å². The highest BCUT2D eigenvalue weighted by Crippen LogP contribution is 2.13. The SMILES string of the molecule is CC(=O)c1ccc(B2OB(c3ccc(C(C)=O)cc3)OB(c3ccccc3CN(C)C)O2)cc1. The minimum Gasteiger partial charge on any atom is -0.445 e. The Morgan fingerprint density at radius 2 is 1.12 bits per heavy atom. The molecule has 170 valence electrons. The predicted molar refractivity (Wildman–Crippen MR) is 136 cm³/mol. The van der Waals surface area contributed by atoms with Gasteiger partial charge in [0.1, 0.15) is 0 Å². The van der Waals surface area contributed by atoms with E-state index in [1.807, 2.05) is 56.6 Å². The van der Waals surface area contributed by atoms with E-state index in [1.165, 1.54) is 13.8 Å². The third kappa shape index (κ3) is 5.57. The van der Waals surface area contributed by atoms with E-state index >= 15 is 0 Å². The number of Topliss-reactive ketones (excluding diaryl/α,β-unsaturated/α-hetero) is 2. The van der Waals surface area contributed by atoms with E-state index < -0.39 is 21.4 Å². The van der Waals surface area contributed by atoms with Gasteiger partial charge in [-0.25, -0.2) is 0 Å². The van der Waals surface area contributed by atoms with Gasteiger partial charge in [0.25, 0.3) is 0 Å². The Balaban J connectivity index is 1.69. The molecule has 9 heteroatoms. The van der Waals surface area contributed by atoms with Gasteiger partial charge in [-0.2, -0.15) is 0 Å². The van der Waals surface area contributed by atoms with Crippen molar-refractivity contribution in [3.05, 3.63) is 89.5 Å². The molecule has 1 aliphatic rings. The zero-order valence-electron chi connectivity index (χ0n) is 19.9. The van der Waals surface area contributed by atoms with Crippen LogP contribution in [0, 0.1) is 0 Å². The van der Waals surface area contributed by atoms with Crippen LogP contribution in [0.3, 0.4) is 0 Å². The molecule has 0 unspecified atom stereocenters. The summed E-state index contributed by atoms with van der Waals surface area (Å²) in [4.78, 5) is 25.5. The number of hydrogen-bond acceptors (Lipinski definition) is 6. The summed E-state index contributed by atoms with van der Waals surface area (Å²) in [6.45, 7) is 3.81. The molecular weight excluding hydrogens is 427 g/mol. The molecule has 1 heterocycles. The molecule has 34 heavy (non-hydrogen) atoms. The van der Waals surface area contributed by atoms with Gasteiger partial charge in [-0.1, -0.05) is 72.8 Å². The van der Waals surface area contributed by atoms with Crippen LogP contribution in [0.1, 0.15) is 40.1 Å². The zero-order valence-corrected chi connectivity index (χ0v) is 19.9. The van der Waals surface area contributed by atoms with Gasteiger partial charge < -0.3 is 18.6 Å². The maximum Gasteiger partial charge on any atom is 0.467 e. The van der Waals surface area contributed by atoms with Crippen molar-refractivity contribution < 1.29 is 23.3 Å². The Bertz CT molecular complexity index is 1100. The molecule has 6 nitrogen and oxygen atoms in total. The minimum atomic E-state index is -0.704. The maximum absolute atomic E-state index is 11.7. The molecule has 1 saturated heterocycles. The average Bonchev–Trinajstić information content (AvgIpc) is 2.84. The van der Waals surface area contributed by atoms with E-state index in [2.05, 4.69) is 11.0 Å². The van der Waals surface area contributed by atoms with Crippen LogP contribution < -0.4 is 16.4 Å². The molecule has 0 N–H and O–H groups in total. The van der Waals surface area contributed by atoms with Gasteiger partial charge in [-0.3, -0.25) is 9.59 Å². The van der Waals surface area contributed by atoms with Crippen molar-refractivity contribution in [2.75, 3.05) is 14.1 Å². The van der Waals surface area contributed by atoms with Crippen LogP contribution in [0.15, 0.2) is 72.8 Å². The van der Waals surface area contributed by atoms with Crippen LogP contribution in [0.5, 0.6) is 0 Å². The lowest BCUT2D eigenvalue weighted by atomic mass is 9.60. The Labute approximate surface area is 201 Å². The third-order valence-electron chi connectivity index (χ3n) is 5.72. The first-order chi connectivity index (χ1) is 16.3. The number of nitrogens with zero attached hydrogens (tertiary/aromatic N) is 1. The normalized spacial score (nSPS) is 14.0. The summed E-state index contributed by atoms with van der Waals surface area (Å²) in [5.74, 6) is -0.00131. The molecule has 0 saturated carbocycles. The molecule has 0 atom stereocenters. The highest BCUT2D eigenvalue weighted by molar-refractivity contribution is 6.87. The summed E-state index contributed by atoms with van der Waals surface area (Å²) in [5, 5.41) is 0. The molecule has 1 aliphatic heterocycles. The van der Waals surface area contributed by atoms with Crippen LogP contribution in [0.25, 0.3) is 0 Å². The molecule has 0 aliphatic carbocycles. The number of carbonyl (C=O) groups is 2. The first kappa shape index (κ1) is 24.2. The van der Waals surface area contributed by atoms with Gasteiger partial charge in [0, 0.05) is 17.7 Å². The van der Waals surface area contributed by atoms with E-state index in [-0.39, 0.29) is 11.6 Å². The second-order valence-electron chi connectivity index (χ2n) is 8.70. The fourth-order valence-corrected chi connectivity index (χ4v) is 3.89. The highest BCUT2D eigenvalue weighted by Gasteiger charge is 2.44. The monoisotopic (exact) mass is 453 g/mol. The van der Waals surface area contributed by atoms with Crippen molar-refractivity contribution in [1.82, 2.24) is 4.90 Å². The highest BCUT2D eigenvalue weighted by atomic mass is 16.7. The van der Waals surface area contributed by atoms with Crippen LogP contribution >= 0.6 is 0 Å². The first-order valence-electron chi connectivity index (χ1n) is 11.2. The topological polar surface area (TPSA) is 65.1 Å². The lowest BCUT2D eigenvalue weighted by molar-refractivity contribution is 0.100. The van der Waals surface area contributed by atoms with Crippen LogP contribution in [-0.2, 0) is 20.3 Å². The Morgan fingerprint density at radius 1 is 0.676 bits per heavy atom. The van der Waals surface area contributed by atoms with E-state index in [9.17, 15) is 9.59 Å². The Kier molecular flexibility index (Phi) is 7.49. The molecule has 0 spiro atoms. The number of benzene rings is 3. The van der Waals surface area contributed by atoms with E-state index in [4.69, 9.17) is 13.7 Å². The van der Waals surface area contributed by atoms with E-state index in [0.29, 0.717) is 11.1 Å². The van der Waals surface area contributed by atoms with Gasteiger partial charge in [0.05, 0.1) is 0 Å². The Morgan fingerprint density at radius 3 is 1.56 bits per heavy atom. The zero-order chi connectivity index (χ0) is 24.2. The van der Waals surface area contributed by atoms with E-state index in [0.717, 1.165) is 28.5 Å². The first-order valence-corrected chi connectivity index (χ1v) is 11.2. The number of hydrogen-bond donors (Lipinski definition) is 0. The van der Waals surface area contributed by atoms with Crippen molar-refractivity contribution in [1.29, 1.82) is 0 Å². The summed E-state index contributed by atoms with van der Waals surface area (Å²) in [7, 11) is 1.96. The molecule has 0 amide bonds. The fourth-order valence-electron chi connectivity index (χ4n) is 3.89. The molecule has 3 aromatic carbocycles. The minimum absolute atomic E-state index is 0.000656. The van der Waals surface area contributed by atoms with Crippen molar-refractivity contribution in [3.8, 4) is 0 Å². The van der Waals surface area contributed by atoms with E-state index in [1.54, 1.807) is 24.3 Å². The van der Waals surface area contributed by atoms with Crippen molar-refractivity contribution in [2.24, 2.45) is 0 Å². The summed E-state index contributed by atoms with van der Waals surface area (Å²) in [5.41, 5.74) is 4.84. The lowest BCUT2D eigenvalue weighted by Crippen LogP contribution is -2.61. The molecule has 0 aromatic heterocycles. The van der Waals surface area contributed by atoms with Crippen molar-refractivity contribution in [2.45, 2.75) is 20.4 Å². The maximum atomic E-state index is 11.7. The second kappa shape index (κ2) is 10.5. The lowest BCUT2D eigenvalue weighted by Gasteiger charge is -2.32. The average molecular weight is 453 g/mol. The van der Waals surface area contributed by atoms with Gasteiger partial charge >= 0.3 is 21.4 Å². The molecule has 4 rings (SSSR count).